The quantitative estimate of drug-likeness (QED) is 0.150. The van der Waals surface area contributed by atoms with Gasteiger partial charge < -0.3 is 9.32 Å². The SMILES string of the molecule is c1ccc(-c2ccc(N(c3ccc(-c4ccccc4)cc3)c3ccc(-c4cc(-c5ccc6c7ccccc7c7ccccc7c6c5)cc5c4oc4ccccc45)cc3)cc2)cc1. The minimum absolute atomic E-state index is 0.887. The lowest BCUT2D eigenvalue weighted by Gasteiger charge is -2.26. The topological polar surface area (TPSA) is 16.4 Å². The highest BCUT2D eigenvalue weighted by Crippen LogP contribution is 2.43. The van der Waals surface area contributed by atoms with Gasteiger partial charge in [0.15, 0.2) is 0 Å². The van der Waals surface area contributed by atoms with Crippen molar-refractivity contribution in [2.45, 2.75) is 0 Å². The minimum Gasteiger partial charge on any atom is -0.455 e. The van der Waals surface area contributed by atoms with Crippen LogP contribution in [0.5, 0.6) is 0 Å². The summed E-state index contributed by atoms with van der Waals surface area (Å²) in [5.74, 6) is 0. The van der Waals surface area contributed by atoms with Gasteiger partial charge in [0.05, 0.1) is 0 Å². The minimum atomic E-state index is 0.887. The first-order chi connectivity index (χ1) is 30.7. The van der Waals surface area contributed by atoms with Crippen LogP contribution in [0.25, 0.3) is 98.8 Å². The lowest BCUT2D eigenvalue weighted by Crippen LogP contribution is -2.09. The van der Waals surface area contributed by atoms with Crippen LogP contribution in [0.3, 0.4) is 0 Å². The van der Waals surface area contributed by atoms with E-state index in [1.165, 1.54) is 60.1 Å². The lowest BCUT2D eigenvalue weighted by atomic mass is 9.90. The van der Waals surface area contributed by atoms with Crippen molar-refractivity contribution in [3.8, 4) is 44.5 Å². The average Bonchev–Trinajstić information content (AvgIpc) is 3.74. The van der Waals surface area contributed by atoms with E-state index in [-0.39, 0.29) is 0 Å². The standard InChI is InChI=1S/C60H39NO/c1-3-13-40(14-4-1)42-23-30-47(31-24-42)61(48-32-25-43(26-33-48)41-15-5-2-6-16-41)49-34-27-44(28-35-49)56-38-46(39-58-55-21-11-12-22-59(55)62-60(56)58)45-29-36-54-52-19-8-7-17-50(52)51-18-9-10-20-53(51)57(54)37-45/h1-39H. The number of furan rings is 1. The Balaban J connectivity index is 0.990. The molecule has 0 atom stereocenters. The van der Waals surface area contributed by atoms with Gasteiger partial charge in [0.25, 0.3) is 0 Å². The van der Waals surface area contributed by atoms with Crippen molar-refractivity contribution < 1.29 is 4.42 Å². The first kappa shape index (κ1) is 35.7. The third-order valence-corrected chi connectivity index (χ3v) is 12.5. The average molecular weight is 790 g/mol. The fourth-order valence-electron chi connectivity index (χ4n) is 9.40. The Hall–Kier alpha value is -8.20. The fraction of sp³-hybridized carbons (Fsp3) is 0. The van der Waals surface area contributed by atoms with E-state index in [0.29, 0.717) is 0 Å². The first-order valence-corrected chi connectivity index (χ1v) is 21.2. The molecule has 62 heavy (non-hydrogen) atoms. The third kappa shape index (κ3) is 6.12. The summed E-state index contributed by atoms with van der Waals surface area (Å²) in [5.41, 5.74) is 14.3. The zero-order valence-electron chi connectivity index (χ0n) is 33.9. The van der Waals surface area contributed by atoms with Gasteiger partial charge in [-0.1, -0.05) is 176 Å². The molecule has 0 aliphatic carbocycles. The number of benzene rings is 11. The molecule has 0 radical (unpaired) electrons. The van der Waals surface area contributed by atoms with Gasteiger partial charge >= 0.3 is 0 Å². The maximum atomic E-state index is 6.71. The van der Waals surface area contributed by atoms with Crippen molar-refractivity contribution in [3.05, 3.63) is 237 Å². The molecule has 1 aromatic heterocycles. The van der Waals surface area contributed by atoms with Gasteiger partial charge in [0.1, 0.15) is 11.2 Å². The van der Waals surface area contributed by atoms with Crippen LogP contribution in [0, 0.1) is 0 Å². The molecule has 290 valence electrons. The van der Waals surface area contributed by atoms with Gasteiger partial charge in [-0.2, -0.15) is 0 Å². The molecule has 2 heteroatoms. The molecule has 12 aromatic rings. The summed E-state index contributed by atoms with van der Waals surface area (Å²) in [7, 11) is 0. The van der Waals surface area contributed by atoms with Gasteiger partial charge in [-0.15, -0.1) is 0 Å². The Labute approximate surface area is 360 Å². The molecular weight excluding hydrogens is 751 g/mol. The summed E-state index contributed by atoms with van der Waals surface area (Å²) >= 11 is 0. The molecular formula is C60H39NO. The number of nitrogens with zero attached hydrogens (tertiary/aromatic N) is 1. The summed E-state index contributed by atoms with van der Waals surface area (Å²) in [4.78, 5) is 2.34. The van der Waals surface area contributed by atoms with Crippen LogP contribution < -0.4 is 4.90 Å². The third-order valence-electron chi connectivity index (χ3n) is 12.5. The van der Waals surface area contributed by atoms with Crippen molar-refractivity contribution in [2.24, 2.45) is 0 Å². The first-order valence-electron chi connectivity index (χ1n) is 21.2. The maximum absolute atomic E-state index is 6.71. The Morgan fingerprint density at radius 1 is 0.242 bits per heavy atom. The second-order valence-corrected chi connectivity index (χ2v) is 16.1. The van der Waals surface area contributed by atoms with Gasteiger partial charge in [-0.25, -0.2) is 0 Å². The van der Waals surface area contributed by atoms with Gasteiger partial charge in [0, 0.05) is 33.4 Å². The number of hydrogen-bond acceptors (Lipinski definition) is 2. The number of para-hydroxylation sites is 1. The highest BCUT2D eigenvalue weighted by molar-refractivity contribution is 6.26. The maximum Gasteiger partial charge on any atom is 0.143 e. The Bertz CT molecular complexity index is 3470. The van der Waals surface area contributed by atoms with Crippen LogP contribution in [-0.4, -0.2) is 0 Å². The number of hydrogen-bond donors (Lipinski definition) is 0. The van der Waals surface area contributed by atoms with E-state index in [9.17, 15) is 0 Å². The molecule has 2 nitrogen and oxygen atoms in total. The summed E-state index contributed by atoms with van der Waals surface area (Å²) < 4.78 is 6.71. The van der Waals surface area contributed by atoms with E-state index < -0.39 is 0 Å². The Morgan fingerprint density at radius 2 is 0.629 bits per heavy atom. The van der Waals surface area contributed by atoms with E-state index in [4.69, 9.17) is 4.42 Å². The van der Waals surface area contributed by atoms with Gasteiger partial charge in [-0.3, -0.25) is 0 Å². The van der Waals surface area contributed by atoms with E-state index in [1.807, 2.05) is 6.07 Å². The van der Waals surface area contributed by atoms with Crippen LogP contribution in [0.15, 0.2) is 241 Å². The lowest BCUT2D eigenvalue weighted by molar-refractivity contribution is 0.670. The molecule has 0 saturated heterocycles. The van der Waals surface area contributed by atoms with Crippen LogP contribution in [-0.2, 0) is 0 Å². The molecule has 11 aromatic carbocycles. The van der Waals surface area contributed by atoms with Crippen molar-refractivity contribution in [2.75, 3.05) is 4.90 Å². The van der Waals surface area contributed by atoms with Crippen LogP contribution in [0.2, 0.25) is 0 Å². The van der Waals surface area contributed by atoms with E-state index >= 15 is 0 Å². The smallest absolute Gasteiger partial charge is 0.143 e. The molecule has 0 unspecified atom stereocenters. The second kappa shape index (κ2) is 14.8. The zero-order chi connectivity index (χ0) is 41.0. The van der Waals surface area contributed by atoms with Crippen molar-refractivity contribution in [1.29, 1.82) is 0 Å². The molecule has 12 rings (SSSR count). The summed E-state index contributed by atoms with van der Waals surface area (Å²) in [5, 5.41) is 9.85. The number of anilines is 3. The van der Waals surface area contributed by atoms with E-state index in [0.717, 1.165) is 55.7 Å². The monoisotopic (exact) mass is 789 g/mol. The highest BCUT2D eigenvalue weighted by atomic mass is 16.3. The van der Waals surface area contributed by atoms with E-state index in [2.05, 4.69) is 235 Å². The van der Waals surface area contributed by atoms with E-state index in [1.54, 1.807) is 0 Å². The summed E-state index contributed by atoms with van der Waals surface area (Å²) in [6, 6.07) is 85.3. The molecule has 0 spiro atoms. The molecule has 0 N–H and O–H groups in total. The van der Waals surface area contributed by atoms with Crippen LogP contribution in [0.4, 0.5) is 17.1 Å². The van der Waals surface area contributed by atoms with Crippen molar-refractivity contribution in [1.82, 2.24) is 0 Å². The Kier molecular flexibility index (Phi) is 8.53. The molecule has 0 aliphatic rings. The largest absolute Gasteiger partial charge is 0.455 e. The highest BCUT2D eigenvalue weighted by Gasteiger charge is 2.18. The molecule has 0 aliphatic heterocycles. The summed E-state index contributed by atoms with van der Waals surface area (Å²) in [6.07, 6.45) is 0. The molecule has 0 saturated carbocycles. The molecule has 1 heterocycles. The Morgan fingerprint density at radius 3 is 1.16 bits per heavy atom. The summed E-state index contributed by atoms with van der Waals surface area (Å²) in [6.45, 7) is 0. The number of rotatable bonds is 7. The zero-order valence-corrected chi connectivity index (χ0v) is 33.9. The van der Waals surface area contributed by atoms with Crippen LogP contribution in [0.1, 0.15) is 0 Å². The van der Waals surface area contributed by atoms with Crippen molar-refractivity contribution in [3.63, 3.8) is 0 Å². The number of fused-ring (bicyclic) bond motifs is 9. The molecule has 0 fully saturated rings. The normalized spacial score (nSPS) is 11.5. The van der Waals surface area contributed by atoms with Gasteiger partial charge in [0.2, 0.25) is 0 Å². The predicted molar refractivity (Wildman–Crippen MR) is 263 cm³/mol. The van der Waals surface area contributed by atoms with Crippen LogP contribution >= 0.6 is 0 Å². The van der Waals surface area contributed by atoms with Gasteiger partial charge in [-0.05, 0) is 132 Å². The predicted octanol–water partition coefficient (Wildman–Crippen LogP) is 17.2. The molecule has 0 amide bonds. The van der Waals surface area contributed by atoms with Crippen molar-refractivity contribution >= 4 is 71.3 Å². The molecule has 0 bridgehead atoms. The second-order valence-electron chi connectivity index (χ2n) is 16.1. The fourth-order valence-corrected chi connectivity index (χ4v) is 9.40.